The molecule has 3 rings (SSSR count). The first-order valence-electron chi connectivity index (χ1n) is 7.65. The van der Waals surface area contributed by atoms with Gasteiger partial charge in [-0.25, -0.2) is 0 Å². The largest absolute Gasteiger partial charge is 0.497 e. The molecule has 3 nitrogen and oxygen atoms in total. The van der Waals surface area contributed by atoms with Crippen LogP contribution in [0.5, 0.6) is 5.75 Å². The van der Waals surface area contributed by atoms with Gasteiger partial charge in [0.25, 0.3) is 5.91 Å². The first kappa shape index (κ1) is 14.6. The molecule has 1 aliphatic heterocycles. The van der Waals surface area contributed by atoms with Gasteiger partial charge in [-0.15, -0.1) is 0 Å². The first-order chi connectivity index (χ1) is 10.6. The number of carbonyl (C=O) groups is 1. The number of aryl methyl sites for hydroxylation is 1. The maximum atomic E-state index is 12.9. The molecule has 1 atom stereocenters. The van der Waals surface area contributed by atoms with Crippen molar-refractivity contribution >= 4 is 5.91 Å². The van der Waals surface area contributed by atoms with Crippen molar-refractivity contribution in [3.63, 3.8) is 0 Å². The predicted octanol–water partition coefficient (Wildman–Crippen LogP) is 3.76. The fourth-order valence-electron chi connectivity index (χ4n) is 3.16. The molecule has 2 aromatic rings. The van der Waals surface area contributed by atoms with E-state index in [4.69, 9.17) is 4.74 Å². The highest BCUT2D eigenvalue weighted by Crippen LogP contribution is 2.33. The van der Waals surface area contributed by atoms with E-state index >= 15 is 0 Å². The third kappa shape index (κ3) is 2.47. The molecule has 0 aromatic heterocycles. The number of carbonyl (C=O) groups excluding carboxylic acids is 1. The molecule has 0 aliphatic carbocycles. The Morgan fingerprint density at radius 2 is 2.00 bits per heavy atom. The van der Waals surface area contributed by atoms with Gasteiger partial charge in [0.1, 0.15) is 5.75 Å². The van der Waals surface area contributed by atoms with Gasteiger partial charge in [-0.05, 0) is 55.2 Å². The lowest BCUT2D eigenvalue weighted by atomic mass is 9.92. The molecule has 0 N–H and O–H groups in total. The molecule has 1 aliphatic rings. The Hall–Kier alpha value is -2.29. The highest BCUT2D eigenvalue weighted by Gasteiger charge is 2.29. The summed E-state index contributed by atoms with van der Waals surface area (Å²) in [6, 6.07) is 14.0. The lowest BCUT2D eigenvalue weighted by molar-refractivity contribution is 0.0676. The number of ether oxygens (including phenoxy) is 1. The van der Waals surface area contributed by atoms with Crippen molar-refractivity contribution in [3.05, 3.63) is 64.7 Å². The van der Waals surface area contributed by atoms with E-state index in [0.29, 0.717) is 0 Å². The minimum absolute atomic E-state index is 0.0611. The fraction of sp³-hybridized carbons (Fsp3) is 0.316. The number of amides is 1. The average molecular weight is 295 g/mol. The monoisotopic (exact) mass is 295 g/mol. The molecule has 0 saturated heterocycles. The maximum absolute atomic E-state index is 12.9. The van der Waals surface area contributed by atoms with E-state index in [9.17, 15) is 4.79 Å². The lowest BCUT2D eigenvalue weighted by Gasteiger charge is -2.35. The van der Waals surface area contributed by atoms with Crippen molar-refractivity contribution in [2.75, 3.05) is 13.7 Å². The summed E-state index contributed by atoms with van der Waals surface area (Å²) in [5.41, 5.74) is 4.31. The van der Waals surface area contributed by atoms with Crippen molar-refractivity contribution in [3.8, 4) is 5.75 Å². The highest BCUT2D eigenvalue weighted by atomic mass is 16.5. The Bertz CT molecular complexity index is 708. The van der Waals surface area contributed by atoms with Crippen LogP contribution in [-0.2, 0) is 6.42 Å². The summed E-state index contributed by atoms with van der Waals surface area (Å²) in [7, 11) is 1.67. The number of benzene rings is 2. The summed E-state index contributed by atoms with van der Waals surface area (Å²) in [6.07, 6.45) is 0.890. The van der Waals surface area contributed by atoms with Crippen LogP contribution in [0.3, 0.4) is 0 Å². The molecule has 1 heterocycles. The third-order valence-corrected chi connectivity index (χ3v) is 4.53. The van der Waals surface area contributed by atoms with Crippen LogP contribution >= 0.6 is 0 Å². The summed E-state index contributed by atoms with van der Waals surface area (Å²) < 4.78 is 5.32. The SMILES string of the molecule is COc1ccc2c(c1)C(C)N(C(=O)c1ccccc1C)CC2. The topological polar surface area (TPSA) is 29.5 Å². The van der Waals surface area contributed by atoms with Gasteiger partial charge in [-0.3, -0.25) is 4.79 Å². The summed E-state index contributed by atoms with van der Waals surface area (Å²) >= 11 is 0. The Morgan fingerprint density at radius 3 is 2.73 bits per heavy atom. The second-order valence-electron chi connectivity index (χ2n) is 5.80. The quantitative estimate of drug-likeness (QED) is 0.844. The van der Waals surface area contributed by atoms with E-state index in [2.05, 4.69) is 19.1 Å². The Balaban J connectivity index is 1.94. The Morgan fingerprint density at radius 1 is 1.23 bits per heavy atom. The van der Waals surface area contributed by atoms with E-state index in [1.54, 1.807) is 7.11 Å². The molecule has 0 saturated carbocycles. The van der Waals surface area contributed by atoms with Crippen molar-refractivity contribution in [2.45, 2.75) is 26.3 Å². The number of hydrogen-bond acceptors (Lipinski definition) is 2. The van der Waals surface area contributed by atoms with Gasteiger partial charge in [0.15, 0.2) is 0 Å². The van der Waals surface area contributed by atoms with E-state index < -0.39 is 0 Å². The number of rotatable bonds is 2. The number of methoxy groups -OCH3 is 1. The average Bonchev–Trinajstić information content (AvgIpc) is 2.55. The van der Waals surface area contributed by atoms with Gasteiger partial charge in [0.05, 0.1) is 13.2 Å². The molecule has 1 amide bonds. The van der Waals surface area contributed by atoms with Gasteiger partial charge in [0.2, 0.25) is 0 Å². The minimum Gasteiger partial charge on any atom is -0.497 e. The standard InChI is InChI=1S/C19H21NO2/c1-13-6-4-5-7-17(13)19(21)20-11-10-15-8-9-16(22-3)12-18(15)14(20)2/h4-9,12,14H,10-11H2,1-3H3. The second kappa shape index (κ2) is 5.84. The van der Waals surface area contributed by atoms with Crippen LogP contribution in [0.25, 0.3) is 0 Å². The molecule has 22 heavy (non-hydrogen) atoms. The molecule has 0 radical (unpaired) electrons. The highest BCUT2D eigenvalue weighted by molar-refractivity contribution is 5.96. The molecule has 2 aromatic carbocycles. The number of nitrogens with zero attached hydrogens (tertiary/aromatic N) is 1. The third-order valence-electron chi connectivity index (χ3n) is 4.53. The maximum Gasteiger partial charge on any atom is 0.254 e. The van der Waals surface area contributed by atoms with E-state index in [0.717, 1.165) is 29.8 Å². The molecule has 0 fully saturated rings. The summed E-state index contributed by atoms with van der Waals surface area (Å²) in [5.74, 6) is 0.954. The van der Waals surface area contributed by atoms with Gasteiger partial charge >= 0.3 is 0 Å². The molecular weight excluding hydrogens is 274 g/mol. The van der Waals surface area contributed by atoms with Crippen molar-refractivity contribution in [1.29, 1.82) is 0 Å². The fourth-order valence-corrected chi connectivity index (χ4v) is 3.16. The molecule has 114 valence electrons. The van der Waals surface area contributed by atoms with Crippen LogP contribution in [-0.4, -0.2) is 24.5 Å². The van der Waals surface area contributed by atoms with Gasteiger partial charge in [-0.2, -0.15) is 0 Å². The zero-order chi connectivity index (χ0) is 15.7. The summed E-state index contributed by atoms with van der Waals surface area (Å²) in [5, 5.41) is 0. The number of fused-ring (bicyclic) bond motifs is 1. The van der Waals surface area contributed by atoms with Gasteiger partial charge < -0.3 is 9.64 Å². The van der Waals surface area contributed by atoms with Gasteiger partial charge in [-0.1, -0.05) is 24.3 Å². The normalized spacial score (nSPS) is 17.0. The molecule has 0 bridgehead atoms. The minimum atomic E-state index is 0.0611. The zero-order valence-corrected chi connectivity index (χ0v) is 13.3. The smallest absolute Gasteiger partial charge is 0.254 e. The summed E-state index contributed by atoms with van der Waals surface area (Å²) in [6.45, 7) is 4.83. The molecule has 0 spiro atoms. The molecular formula is C19H21NO2. The number of hydrogen-bond donors (Lipinski definition) is 0. The summed E-state index contributed by atoms with van der Waals surface area (Å²) in [4.78, 5) is 14.9. The van der Waals surface area contributed by atoms with Crippen molar-refractivity contribution in [1.82, 2.24) is 4.90 Å². The Kier molecular flexibility index (Phi) is 3.88. The van der Waals surface area contributed by atoms with Crippen molar-refractivity contribution < 1.29 is 9.53 Å². The van der Waals surface area contributed by atoms with Crippen LogP contribution < -0.4 is 4.74 Å². The molecule has 1 unspecified atom stereocenters. The van der Waals surface area contributed by atoms with Crippen LogP contribution in [0.2, 0.25) is 0 Å². The van der Waals surface area contributed by atoms with Gasteiger partial charge in [0, 0.05) is 12.1 Å². The van der Waals surface area contributed by atoms with E-state index in [1.807, 2.05) is 42.2 Å². The van der Waals surface area contributed by atoms with Crippen LogP contribution in [0.1, 0.15) is 40.0 Å². The predicted molar refractivity (Wildman–Crippen MR) is 87.3 cm³/mol. The second-order valence-corrected chi connectivity index (χ2v) is 5.80. The van der Waals surface area contributed by atoms with Crippen molar-refractivity contribution in [2.24, 2.45) is 0 Å². The Labute approximate surface area is 131 Å². The van der Waals surface area contributed by atoms with Crippen LogP contribution in [0.4, 0.5) is 0 Å². The molecule has 3 heteroatoms. The van der Waals surface area contributed by atoms with Crippen LogP contribution in [0.15, 0.2) is 42.5 Å². The van der Waals surface area contributed by atoms with Crippen LogP contribution in [0, 0.1) is 6.92 Å². The first-order valence-corrected chi connectivity index (χ1v) is 7.65. The van der Waals surface area contributed by atoms with E-state index in [-0.39, 0.29) is 11.9 Å². The van der Waals surface area contributed by atoms with E-state index in [1.165, 1.54) is 11.1 Å². The lowest BCUT2D eigenvalue weighted by Crippen LogP contribution is -2.39. The zero-order valence-electron chi connectivity index (χ0n) is 13.3.